The zero-order valence-electron chi connectivity index (χ0n) is 14.4. The molecule has 126 valence electrons. The van der Waals surface area contributed by atoms with Gasteiger partial charge >= 0.3 is 0 Å². The van der Waals surface area contributed by atoms with Crippen molar-refractivity contribution in [3.05, 3.63) is 35.4 Å². The van der Waals surface area contributed by atoms with E-state index in [1.807, 2.05) is 6.92 Å². The summed E-state index contributed by atoms with van der Waals surface area (Å²) in [4.78, 5) is 24.1. The van der Waals surface area contributed by atoms with Gasteiger partial charge in [-0.1, -0.05) is 44.0 Å². The summed E-state index contributed by atoms with van der Waals surface area (Å²) >= 11 is 0. The zero-order chi connectivity index (χ0) is 16.8. The summed E-state index contributed by atoms with van der Waals surface area (Å²) in [5.41, 5.74) is 2.37. The molecular weight excluding hydrogens is 288 g/mol. The molecule has 0 saturated heterocycles. The Morgan fingerprint density at radius 1 is 1.13 bits per heavy atom. The second-order valence-electron chi connectivity index (χ2n) is 6.55. The van der Waals surface area contributed by atoms with Gasteiger partial charge in [-0.2, -0.15) is 0 Å². The Bertz CT molecular complexity index is 533. The average Bonchev–Trinajstić information content (AvgIpc) is 3.06. The molecule has 1 aromatic rings. The summed E-state index contributed by atoms with van der Waals surface area (Å²) < 4.78 is 0. The fraction of sp³-hybridized carbons (Fsp3) is 0.579. The molecule has 2 atom stereocenters. The molecule has 2 amide bonds. The smallest absolute Gasteiger partial charge is 0.243 e. The summed E-state index contributed by atoms with van der Waals surface area (Å²) in [6.45, 7) is 5.58. The highest BCUT2D eigenvalue weighted by Gasteiger charge is 2.31. The van der Waals surface area contributed by atoms with E-state index in [0.29, 0.717) is 0 Å². The highest BCUT2D eigenvalue weighted by Crippen LogP contribution is 2.28. The highest BCUT2D eigenvalue weighted by molar-refractivity contribution is 5.87. The molecule has 4 heteroatoms. The van der Waals surface area contributed by atoms with Gasteiger partial charge in [0.1, 0.15) is 6.04 Å². The molecule has 0 aliphatic heterocycles. The van der Waals surface area contributed by atoms with Gasteiger partial charge in [0, 0.05) is 6.92 Å². The summed E-state index contributed by atoms with van der Waals surface area (Å²) in [5, 5.41) is 5.91. The predicted octanol–water partition coefficient (Wildman–Crippen LogP) is 3.12. The Hall–Kier alpha value is -1.84. The van der Waals surface area contributed by atoms with Crippen molar-refractivity contribution >= 4 is 11.8 Å². The van der Waals surface area contributed by atoms with Gasteiger partial charge in [-0.3, -0.25) is 9.59 Å². The molecule has 1 saturated carbocycles. The van der Waals surface area contributed by atoms with E-state index in [9.17, 15) is 9.59 Å². The molecule has 0 spiro atoms. The number of benzene rings is 1. The normalized spacial score (nSPS) is 17.5. The lowest BCUT2D eigenvalue weighted by Crippen LogP contribution is -2.50. The lowest BCUT2D eigenvalue weighted by atomic mass is 9.96. The Morgan fingerprint density at radius 3 is 2.26 bits per heavy atom. The Balaban J connectivity index is 2.02. The predicted molar refractivity (Wildman–Crippen MR) is 91.9 cm³/mol. The number of nitrogens with one attached hydrogen (secondary N) is 2. The van der Waals surface area contributed by atoms with Crippen LogP contribution in [0.15, 0.2) is 24.3 Å². The van der Waals surface area contributed by atoms with Gasteiger partial charge in [-0.15, -0.1) is 0 Å². The third kappa shape index (κ3) is 4.81. The number of rotatable bonds is 6. The number of aryl methyl sites for hydroxylation is 1. The van der Waals surface area contributed by atoms with Crippen molar-refractivity contribution in [2.24, 2.45) is 5.92 Å². The van der Waals surface area contributed by atoms with Crippen molar-refractivity contribution in [2.75, 3.05) is 0 Å². The van der Waals surface area contributed by atoms with E-state index >= 15 is 0 Å². The zero-order valence-corrected chi connectivity index (χ0v) is 14.4. The number of amides is 2. The minimum absolute atomic E-state index is 0.0638. The van der Waals surface area contributed by atoms with E-state index in [1.54, 1.807) is 0 Å². The van der Waals surface area contributed by atoms with E-state index in [1.165, 1.54) is 12.5 Å². The third-order valence-corrected chi connectivity index (χ3v) is 4.76. The molecule has 1 aliphatic rings. The van der Waals surface area contributed by atoms with E-state index in [-0.39, 0.29) is 23.8 Å². The Kier molecular flexibility index (Phi) is 6.20. The topological polar surface area (TPSA) is 58.2 Å². The van der Waals surface area contributed by atoms with Crippen molar-refractivity contribution in [1.29, 1.82) is 0 Å². The maximum absolute atomic E-state index is 12.6. The minimum Gasteiger partial charge on any atom is -0.348 e. The van der Waals surface area contributed by atoms with Gasteiger partial charge in [0.15, 0.2) is 0 Å². The first kappa shape index (κ1) is 17.5. The van der Waals surface area contributed by atoms with Crippen LogP contribution >= 0.6 is 0 Å². The van der Waals surface area contributed by atoms with Crippen LogP contribution in [0.3, 0.4) is 0 Å². The van der Waals surface area contributed by atoms with Crippen molar-refractivity contribution in [1.82, 2.24) is 10.6 Å². The number of carbonyl (C=O) groups is 2. The van der Waals surface area contributed by atoms with Crippen LogP contribution in [0, 0.1) is 5.92 Å². The maximum atomic E-state index is 12.6. The quantitative estimate of drug-likeness (QED) is 0.847. The molecule has 0 bridgehead atoms. The van der Waals surface area contributed by atoms with Crippen LogP contribution in [-0.4, -0.2) is 17.9 Å². The van der Waals surface area contributed by atoms with Crippen LogP contribution in [0.1, 0.15) is 63.6 Å². The molecule has 0 heterocycles. The molecule has 2 N–H and O–H groups in total. The second-order valence-corrected chi connectivity index (χ2v) is 6.55. The van der Waals surface area contributed by atoms with Gasteiger partial charge in [-0.05, 0) is 43.2 Å². The number of hydrogen-bond acceptors (Lipinski definition) is 2. The van der Waals surface area contributed by atoms with Crippen LogP contribution in [0.25, 0.3) is 0 Å². The van der Waals surface area contributed by atoms with Crippen LogP contribution in [0.5, 0.6) is 0 Å². The van der Waals surface area contributed by atoms with Crippen LogP contribution < -0.4 is 10.6 Å². The summed E-state index contributed by atoms with van der Waals surface area (Å²) in [6.07, 6.45) is 5.31. The maximum Gasteiger partial charge on any atom is 0.243 e. The molecule has 2 rings (SSSR count). The molecular formula is C19H28N2O2. The van der Waals surface area contributed by atoms with Gasteiger partial charge < -0.3 is 10.6 Å². The largest absolute Gasteiger partial charge is 0.348 e. The Morgan fingerprint density at radius 2 is 1.74 bits per heavy atom. The van der Waals surface area contributed by atoms with Crippen LogP contribution in [0.2, 0.25) is 0 Å². The molecule has 1 aromatic carbocycles. The monoisotopic (exact) mass is 316 g/mol. The third-order valence-electron chi connectivity index (χ3n) is 4.76. The number of hydrogen-bond donors (Lipinski definition) is 2. The second kappa shape index (κ2) is 8.14. The van der Waals surface area contributed by atoms with E-state index in [0.717, 1.165) is 37.7 Å². The lowest BCUT2D eigenvalue weighted by molar-refractivity contribution is -0.129. The molecule has 4 nitrogen and oxygen atoms in total. The first-order chi connectivity index (χ1) is 11.0. The first-order valence-electron chi connectivity index (χ1n) is 8.67. The van der Waals surface area contributed by atoms with Crippen molar-refractivity contribution in [3.63, 3.8) is 0 Å². The molecule has 1 fully saturated rings. The van der Waals surface area contributed by atoms with Crippen molar-refractivity contribution in [2.45, 2.75) is 65.0 Å². The van der Waals surface area contributed by atoms with Crippen LogP contribution in [0.4, 0.5) is 0 Å². The molecule has 0 aromatic heterocycles. The van der Waals surface area contributed by atoms with Gasteiger partial charge in [0.2, 0.25) is 11.8 Å². The van der Waals surface area contributed by atoms with E-state index in [4.69, 9.17) is 0 Å². The molecule has 1 aliphatic carbocycles. The van der Waals surface area contributed by atoms with Crippen LogP contribution in [-0.2, 0) is 16.0 Å². The van der Waals surface area contributed by atoms with Gasteiger partial charge in [0.25, 0.3) is 0 Å². The summed E-state index contributed by atoms with van der Waals surface area (Å²) in [7, 11) is 0. The standard InChI is InChI=1S/C19H28N2O2/c1-4-15-9-11-16(12-10-15)13(2)20-19(23)18(21-14(3)22)17-7-5-6-8-17/h9-13,17-18H,4-8H2,1-3H3,(H,20,23)(H,21,22). The fourth-order valence-electron chi connectivity index (χ4n) is 3.34. The van der Waals surface area contributed by atoms with Crippen molar-refractivity contribution < 1.29 is 9.59 Å². The SMILES string of the molecule is CCc1ccc(C(C)NC(=O)C(NC(C)=O)C2CCCC2)cc1. The average molecular weight is 316 g/mol. The summed E-state index contributed by atoms with van der Waals surface area (Å²) in [6, 6.07) is 7.85. The number of carbonyl (C=O) groups excluding carboxylic acids is 2. The first-order valence-corrected chi connectivity index (χ1v) is 8.67. The fourth-order valence-corrected chi connectivity index (χ4v) is 3.34. The Labute approximate surface area is 139 Å². The van der Waals surface area contributed by atoms with Gasteiger partial charge in [0.05, 0.1) is 6.04 Å². The van der Waals surface area contributed by atoms with E-state index < -0.39 is 6.04 Å². The lowest BCUT2D eigenvalue weighted by Gasteiger charge is -2.25. The molecule has 0 radical (unpaired) electrons. The summed E-state index contributed by atoms with van der Waals surface area (Å²) in [5.74, 6) is 0.0461. The molecule has 2 unspecified atom stereocenters. The highest BCUT2D eigenvalue weighted by atomic mass is 16.2. The van der Waals surface area contributed by atoms with Gasteiger partial charge in [-0.25, -0.2) is 0 Å². The minimum atomic E-state index is -0.410. The van der Waals surface area contributed by atoms with E-state index in [2.05, 4.69) is 41.8 Å². The molecule has 23 heavy (non-hydrogen) atoms. The van der Waals surface area contributed by atoms with Crippen molar-refractivity contribution in [3.8, 4) is 0 Å².